The SMILES string of the molecule is Cc1cc(Cl)cc2c1OCC(O)C2N1CCCC(C)C1. The van der Waals surface area contributed by atoms with Crippen LogP contribution in [-0.2, 0) is 0 Å². The Hall–Kier alpha value is -0.770. The van der Waals surface area contributed by atoms with Crippen molar-refractivity contribution in [3.63, 3.8) is 0 Å². The van der Waals surface area contributed by atoms with Crippen molar-refractivity contribution in [2.75, 3.05) is 19.7 Å². The van der Waals surface area contributed by atoms with Crippen LogP contribution in [-0.4, -0.2) is 35.8 Å². The molecule has 3 unspecified atom stereocenters. The number of aryl methyl sites for hydroxylation is 1. The molecule has 0 bridgehead atoms. The molecule has 2 heterocycles. The van der Waals surface area contributed by atoms with Crippen LogP contribution < -0.4 is 4.74 Å². The first kappa shape index (κ1) is 14.2. The van der Waals surface area contributed by atoms with Crippen LogP contribution in [0.15, 0.2) is 12.1 Å². The molecule has 1 fully saturated rings. The van der Waals surface area contributed by atoms with Gasteiger partial charge in [0.15, 0.2) is 0 Å². The van der Waals surface area contributed by atoms with Gasteiger partial charge in [0.1, 0.15) is 18.5 Å². The summed E-state index contributed by atoms with van der Waals surface area (Å²) in [4.78, 5) is 2.40. The van der Waals surface area contributed by atoms with Crippen molar-refractivity contribution in [2.45, 2.75) is 38.8 Å². The van der Waals surface area contributed by atoms with E-state index in [-0.39, 0.29) is 6.04 Å². The van der Waals surface area contributed by atoms with Crippen molar-refractivity contribution in [3.05, 3.63) is 28.3 Å². The monoisotopic (exact) mass is 295 g/mol. The fraction of sp³-hybridized carbons (Fsp3) is 0.625. The van der Waals surface area contributed by atoms with Gasteiger partial charge in [0.05, 0.1) is 6.04 Å². The molecule has 3 atom stereocenters. The highest BCUT2D eigenvalue weighted by atomic mass is 35.5. The standard InChI is InChI=1S/C16H22ClNO2/c1-10-4-3-5-18(8-10)15-13-7-12(17)6-11(2)16(13)20-9-14(15)19/h6-7,10,14-15,19H,3-5,8-9H2,1-2H3. The Balaban J connectivity index is 1.98. The fourth-order valence-electron chi connectivity index (χ4n) is 3.56. The maximum absolute atomic E-state index is 10.4. The highest BCUT2D eigenvalue weighted by Gasteiger charge is 2.36. The molecule has 110 valence electrons. The molecule has 0 amide bonds. The van der Waals surface area contributed by atoms with Crippen LogP contribution >= 0.6 is 11.6 Å². The van der Waals surface area contributed by atoms with Crippen molar-refractivity contribution in [1.82, 2.24) is 4.90 Å². The summed E-state index contributed by atoms with van der Waals surface area (Å²) in [5, 5.41) is 11.1. The molecule has 20 heavy (non-hydrogen) atoms. The predicted molar refractivity (Wildman–Crippen MR) is 80.4 cm³/mol. The highest BCUT2D eigenvalue weighted by Crippen LogP contribution is 2.41. The molecule has 0 spiro atoms. The maximum Gasteiger partial charge on any atom is 0.127 e. The second kappa shape index (κ2) is 5.55. The van der Waals surface area contributed by atoms with Crippen molar-refractivity contribution >= 4 is 11.6 Å². The third-order valence-corrected chi connectivity index (χ3v) is 4.65. The molecule has 1 saturated heterocycles. The summed E-state index contributed by atoms with van der Waals surface area (Å²) in [5.74, 6) is 1.59. The lowest BCUT2D eigenvalue weighted by Crippen LogP contribution is -2.46. The van der Waals surface area contributed by atoms with Gasteiger partial charge >= 0.3 is 0 Å². The first-order valence-corrected chi connectivity index (χ1v) is 7.79. The Kier molecular flexibility index (Phi) is 3.93. The number of aliphatic hydroxyl groups excluding tert-OH is 1. The number of rotatable bonds is 1. The second-order valence-corrected chi connectivity index (χ2v) is 6.64. The summed E-state index contributed by atoms with van der Waals surface area (Å²) in [6.45, 7) is 6.73. The molecular formula is C16H22ClNO2. The van der Waals surface area contributed by atoms with E-state index in [2.05, 4.69) is 11.8 Å². The van der Waals surface area contributed by atoms with E-state index in [4.69, 9.17) is 16.3 Å². The number of ether oxygens (including phenoxy) is 1. The van der Waals surface area contributed by atoms with Crippen LogP contribution in [0.3, 0.4) is 0 Å². The molecule has 0 radical (unpaired) electrons. The zero-order valence-corrected chi connectivity index (χ0v) is 12.9. The average Bonchev–Trinajstić information content (AvgIpc) is 2.37. The third kappa shape index (κ3) is 2.54. The van der Waals surface area contributed by atoms with Crippen LogP contribution in [0.2, 0.25) is 5.02 Å². The Morgan fingerprint density at radius 2 is 2.20 bits per heavy atom. The van der Waals surface area contributed by atoms with Crippen LogP contribution in [0.1, 0.15) is 36.9 Å². The van der Waals surface area contributed by atoms with E-state index in [0.29, 0.717) is 17.5 Å². The molecular weight excluding hydrogens is 274 g/mol. The van der Waals surface area contributed by atoms with Gasteiger partial charge in [-0.3, -0.25) is 4.90 Å². The number of fused-ring (bicyclic) bond motifs is 1. The van der Waals surface area contributed by atoms with E-state index in [1.54, 1.807) is 0 Å². The zero-order valence-electron chi connectivity index (χ0n) is 12.1. The Morgan fingerprint density at radius 1 is 1.40 bits per heavy atom. The topological polar surface area (TPSA) is 32.7 Å². The van der Waals surface area contributed by atoms with Crippen molar-refractivity contribution in [1.29, 1.82) is 0 Å². The van der Waals surface area contributed by atoms with Gasteiger partial charge in [-0.1, -0.05) is 18.5 Å². The Bertz CT molecular complexity index is 505. The van der Waals surface area contributed by atoms with E-state index in [1.165, 1.54) is 12.8 Å². The quantitative estimate of drug-likeness (QED) is 0.864. The summed E-state index contributed by atoms with van der Waals surface area (Å²) < 4.78 is 5.73. The lowest BCUT2D eigenvalue weighted by atomic mass is 9.91. The lowest BCUT2D eigenvalue weighted by molar-refractivity contribution is -0.0142. The maximum atomic E-state index is 10.4. The minimum Gasteiger partial charge on any atom is -0.490 e. The Morgan fingerprint density at radius 3 is 2.95 bits per heavy atom. The number of benzene rings is 1. The molecule has 4 heteroatoms. The minimum atomic E-state index is -0.481. The molecule has 0 aromatic heterocycles. The van der Waals surface area contributed by atoms with Crippen LogP contribution in [0.5, 0.6) is 5.75 Å². The van der Waals surface area contributed by atoms with E-state index in [0.717, 1.165) is 30.0 Å². The highest BCUT2D eigenvalue weighted by molar-refractivity contribution is 6.30. The van der Waals surface area contributed by atoms with Gasteiger partial charge in [-0.05, 0) is 49.9 Å². The fourth-order valence-corrected chi connectivity index (χ4v) is 3.84. The summed E-state index contributed by atoms with van der Waals surface area (Å²) in [7, 11) is 0. The van der Waals surface area contributed by atoms with Crippen LogP contribution in [0.4, 0.5) is 0 Å². The van der Waals surface area contributed by atoms with Gasteiger partial charge in [-0.2, -0.15) is 0 Å². The number of hydrogen-bond acceptors (Lipinski definition) is 3. The predicted octanol–water partition coefficient (Wildman–Crippen LogP) is 3.17. The number of halogens is 1. The summed E-state index contributed by atoms with van der Waals surface area (Å²) in [6, 6.07) is 3.89. The molecule has 1 aromatic rings. The van der Waals surface area contributed by atoms with Gasteiger partial charge in [0, 0.05) is 17.1 Å². The van der Waals surface area contributed by atoms with Crippen molar-refractivity contribution in [3.8, 4) is 5.75 Å². The van der Waals surface area contributed by atoms with Crippen LogP contribution in [0, 0.1) is 12.8 Å². The molecule has 3 nitrogen and oxygen atoms in total. The number of piperidine rings is 1. The lowest BCUT2D eigenvalue weighted by Gasteiger charge is -2.42. The smallest absolute Gasteiger partial charge is 0.127 e. The normalized spacial score (nSPS) is 30.7. The molecule has 2 aliphatic heterocycles. The summed E-state index contributed by atoms with van der Waals surface area (Å²) in [6.07, 6.45) is 1.99. The number of likely N-dealkylation sites (tertiary alicyclic amines) is 1. The van der Waals surface area contributed by atoms with E-state index >= 15 is 0 Å². The van der Waals surface area contributed by atoms with Gasteiger partial charge in [-0.25, -0.2) is 0 Å². The molecule has 1 aromatic carbocycles. The first-order valence-electron chi connectivity index (χ1n) is 7.41. The average molecular weight is 296 g/mol. The van der Waals surface area contributed by atoms with Crippen molar-refractivity contribution < 1.29 is 9.84 Å². The molecule has 2 aliphatic rings. The number of aliphatic hydroxyl groups is 1. The number of nitrogens with zero attached hydrogens (tertiary/aromatic N) is 1. The van der Waals surface area contributed by atoms with Gasteiger partial charge < -0.3 is 9.84 Å². The first-order chi connectivity index (χ1) is 9.56. The van der Waals surface area contributed by atoms with Gasteiger partial charge in [0.2, 0.25) is 0 Å². The third-order valence-electron chi connectivity index (χ3n) is 4.43. The Labute approximate surface area is 125 Å². The molecule has 0 saturated carbocycles. The minimum absolute atomic E-state index is 0.0129. The van der Waals surface area contributed by atoms with E-state index in [1.807, 2.05) is 19.1 Å². The van der Waals surface area contributed by atoms with Gasteiger partial charge in [-0.15, -0.1) is 0 Å². The second-order valence-electron chi connectivity index (χ2n) is 6.21. The molecule has 0 aliphatic carbocycles. The van der Waals surface area contributed by atoms with E-state index in [9.17, 15) is 5.11 Å². The largest absolute Gasteiger partial charge is 0.490 e. The molecule has 1 N–H and O–H groups in total. The van der Waals surface area contributed by atoms with Gasteiger partial charge in [0.25, 0.3) is 0 Å². The number of hydrogen-bond donors (Lipinski definition) is 1. The zero-order chi connectivity index (χ0) is 14.3. The van der Waals surface area contributed by atoms with Crippen molar-refractivity contribution in [2.24, 2.45) is 5.92 Å². The molecule has 3 rings (SSSR count). The summed E-state index contributed by atoms with van der Waals surface area (Å²) in [5.41, 5.74) is 2.09. The summed E-state index contributed by atoms with van der Waals surface area (Å²) >= 11 is 6.21. The van der Waals surface area contributed by atoms with Crippen LogP contribution in [0.25, 0.3) is 0 Å². The van der Waals surface area contributed by atoms with E-state index < -0.39 is 6.10 Å².